The number of rotatable bonds is 4. The second-order valence-corrected chi connectivity index (χ2v) is 6.14. The molecule has 3 aromatic rings. The lowest BCUT2D eigenvalue weighted by Crippen LogP contribution is -2.25. The standard InChI is InChI=1S/C15H15BrN4O/c1-11(7-19-5-4-17-9-19)8-20-10-18-14-3-2-12(16)6-13(14)15(20)21/h2-6,9-11H,7-8H2,1H3. The largest absolute Gasteiger partial charge is 0.337 e. The lowest BCUT2D eigenvalue weighted by atomic mass is 10.1. The highest BCUT2D eigenvalue weighted by molar-refractivity contribution is 9.10. The van der Waals surface area contributed by atoms with Gasteiger partial charge in [-0.1, -0.05) is 22.9 Å². The number of hydrogen-bond donors (Lipinski definition) is 0. The number of nitrogens with zero attached hydrogens (tertiary/aromatic N) is 4. The highest BCUT2D eigenvalue weighted by atomic mass is 79.9. The summed E-state index contributed by atoms with van der Waals surface area (Å²) >= 11 is 3.40. The van der Waals surface area contributed by atoms with E-state index in [1.807, 2.05) is 29.0 Å². The van der Waals surface area contributed by atoms with E-state index >= 15 is 0 Å². The van der Waals surface area contributed by atoms with E-state index < -0.39 is 0 Å². The second-order valence-electron chi connectivity index (χ2n) is 5.23. The Hall–Kier alpha value is -1.95. The molecule has 2 aromatic heterocycles. The molecule has 21 heavy (non-hydrogen) atoms. The zero-order chi connectivity index (χ0) is 14.8. The van der Waals surface area contributed by atoms with Crippen LogP contribution in [0.4, 0.5) is 0 Å². The van der Waals surface area contributed by atoms with E-state index in [0.717, 1.165) is 16.5 Å². The molecule has 6 heteroatoms. The van der Waals surface area contributed by atoms with Crippen LogP contribution in [0.3, 0.4) is 0 Å². The summed E-state index contributed by atoms with van der Waals surface area (Å²) < 4.78 is 4.58. The van der Waals surface area contributed by atoms with Crippen molar-refractivity contribution in [2.45, 2.75) is 20.0 Å². The predicted octanol–water partition coefficient (Wildman–Crippen LogP) is 2.69. The van der Waals surface area contributed by atoms with Gasteiger partial charge in [0.1, 0.15) is 0 Å². The highest BCUT2D eigenvalue weighted by Gasteiger charge is 2.09. The van der Waals surface area contributed by atoms with Crippen molar-refractivity contribution in [2.24, 2.45) is 5.92 Å². The minimum absolute atomic E-state index is 0.00113. The Bertz CT molecular complexity index is 810. The summed E-state index contributed by atoms with van der Waals surface area (Å²) in [5, 5.41) is 0.640. The van der Waals surface area contributed by atoms with Gasteiger partial charge in [0.15, 0.2) is 0 Å². The summed E-state index contributed by atoms with van der Waals surface area (Å²) in [6.45, 7) is 3.56. The summed E-state index contributed by atoms with van der Waals surface area (Å²) in [7, 11) is 0. The third-order valence-electron chi connectivity index (χ3n) is 3.38. The molecular formula is C15H15BrN4O. The Labute approximate surface area is 130 Å². The maximum Gasteiger partial charge on any atom is 0.261 e. The van der Waals surface area contributed by atoms with Crippen LogP contribution < -0.4 is 5.56 Å². The molecule has 2 heterocycles. The van der Waals surface area contributed by atoms with E-state index in [0.29, 0.717) is 17.8 Å². The summed E-state index contributed by atoms with van der Waals surface area (Å²) in [4.78, 5) is 20.9. The van der Waals surface area contributed by atoms with Gasteiger partial charge in [0.05, 0.1) is 23.6 Å². The van der Waals surface area contributed by atoms with Gasteiger partial charge in [0.2, 0.25) is 0 Å². The summed E-state index contributed by atoms with van der Waals surface area (Å²) in [5.74, 6) is 0.309. The number of aromatic nitrogens is 4. The van der Waals surface area contributed by atoms with Crippen LogP contribution >= 0.6 is 15.9 Å². The van der Waals surface area contributed by atoms with Gasteiger partial charge in [-0.15, -0.1) is 0 Å². The van der Waals surface area contributed by atoms with Crippen molar-refractivity contribution < 1.29 is 0 Å². The second kappa shape index (κ2) is 5.81. The van der Waals surface area contributed by atoms with Gasteiger partial charge in [0.25, 0.3) is 5.56 Å². The molecule has 0 saturated heterocycles. The Balaban J connectivity index is 1.87. The van der Waals surface area contributed by atoms with Crippen LogP contribution in [0.2, 0.25) is 0 Å². The van der Waals surface area contributed by atoms with Gasteiger partial charge < -0.3 is 4.57 Å². The summed E-state index contributed by atoms with van der Waals surface area (Å²) in [5.41, 5.74) is 0.723. The number of imidazole rings is 1. The molecule has 0 amide bonds. The van der Waals surface area contributed by atoms with Crippen molar-refractivity contribution in [1.82, 2.24) is 19.1 Å². The van der Waals surface area contributed by atoms with Gasteiger partial charge in [0, 0.05) is 30.0 Å². The molecular weight excluding hydrogens is 332 g/mol. The van der Waals surface area contributed by atoms with Crippen molar-refractivity contribution >= 4 is 26.8 Å². The quantitative estimate of drug-likeness (QED) is 0.729. The highest BCUT2D eigenvalue weighted by Crippen LogP contribution is 2.15. The average Bonchev–Trinajstić information content (AvgIpc) is 2.95. The normalized spacial score (nSPS) is 12.7. The van der Waals surface area contributed by atoms with Crippen LogP contribution in [0.15, 0.2) is 52.5 Å². The molecule has 0 N–H and O–H groups in total. The first-order chi connectivity index (χ1) is 10.1. The molecule has 1 aromatic carbocycles. The van der Waals surface area contributed by atoms with Crippen LogP contribution in [0.1, 0.15) is 6.92 Å². The van der Waals surface area contributed by atoms with E-state index in [9.17, 15) is 4.79 Å². The van der Waals surface area contributed by atoms with E-state index in [2.05, 4.69) is 32.8 Å². The third kappa shape index (κ3) is 3.05. The number of benzene rings is 1. The molecule has 0 saturated carbocycles. The maximum absolute atomic E-state index is 12.5. The number of fused-ring (bicyclic) bond motifs is 1. The maximum atomic E-state index is 12.5. The smallest absolute Gasteiger partial charge is 0.261 e. The number of halogens is 1. The lowest BCUT2D eigenvalue weighted by Gasteiger charge is -2.14. The molecule has 3 rings (SSSR count). The molecule has 1 unspecified atom stereocenters. The fraction of sp³-hybridized carbons (Fsp3) is 0.267. The monoisotopic (exact) mass is 346 g/mol. The first-order valence-corrected chi connectivity index (χ1v) is 7.53. The van der Waals surface area contributed by atoms with E-state index in [4.69, 9.17) is 0 Å². The molecule has 0 radical (unpaired) electrons. The molecule has 0 aliphatic carbocycles. The Morgan fingerprint density at radius 2 is 2.14 bits per heavy atom. The van der Waals surface area contributed by atoms with E-state index in [1.165, 1.54) is 0 Å². The van der Waals surface area contributed by atoms with Gasteiger partial charge in [-0.2, -0.15) is 0 Å². The minimum atomic E-state index is -0.00113. The molecule has 1 atom stereocenters. The van der Waals surface area contributed by atoms with Crippen LogP contribution in [0, 0.1) is 5.92 Å². The Kier molecular flexibility index (Phi) is 3.88. The van der Waals surface area contributed by atoms with Gasteiger partial charge in [-0.25, -0.2) is 9.97 Å². The zero-order valence-corrected chi connectivity index (χ0v) is 13.2. The van der Waals surface area contributed by atoms with Crippen molar-refractivity contribution in [3.05, 3.63) is 58.1 Å². The van der Waals surface area contributed by atoms with E-state index in [-0.39, 0.29) is 5.56 Å². The molecule has 0 aliphatic heterocycles. The first-order valence-electron chi connectivity index (χ1n) is 6.74. The van der Waals surface area contributed by atoms with Crippen molar-refractivity contribution in [3.63, 3.8) is 0 Å². The molecule has 0 bridgehead atoms. The zero-order valence-electron chi connectivity index (χ0n) is 11.6. The molecule has 0 aliphatic rings. The van der Waals surface area contributed by atoms with Crippen LogP contribution in [-0.4, -0.2) is 19.1 Å². The molecule has 0 spiro atoms. The van der Waals surface area contributed by atoms with E-state index in [1.54, 1.807) is 23.4 Å². The van der Waals surface area contributed by atoms with Crippen molar-refractivity contribution in [1.29, 1.82) is 0 Å². The molecule has 5 nitrogen and oxygen atoms in total. The van der Waals surface area contributed by atoms with Crippen molar-refractivity contribution in [3.8, 4) is 0 Å². The first kappa shape index (κ1) is 14.0. The van der Waals surface area contributed by atoms with Crippen LogP contribution in [0.25, 0.3) is 10.9 Å². The predicted molar refractivity (Wildman–Crippen MR) is 85.1 cm³/mol. The van der Waals surface area contributed by atoms with Crippen LogP contribution in [-0.2, 0) is 13.1 Å². The van der Waals surface area contributed by atoms with Gasteiger partial charge in [-0.05, 0) is 24.1 Å². The van der Waals surface area contributed by atoms with Gasteiger partial charge >= 0.3 is 0 Å². The Morgan fingerprint density at radius 1 is 1.29 bits per heavy atom. The van der Waals surface area contributed by atoms with Gasteiger partial charge in [-0.3, -0.25) is 9.36 Å². The lowest BCUT2D eigenvalue weighted by molar-refractivity contribution is 0.410. The summed E-state index contributed by atoms with van der Waals surface area (Å²) in [6.07, 6.45) is 7.10. The topological polar surface area (TPSA) is 52.7 Å². The fourth-order valence-corrected chi connectivity index (χ4v) is 2.77. The SMILES string of the molecule is CC(Cn1ccnc1)Cn1cnc2ccc(Br)cc2c1=O. The third-order valence-corrected chi connectivity index (χ3v) is 3.87. The Morgan fingerprint density at radius 3 is 2.90 bits per heavy atom. The number of hydrogen-bond acceptors (Lipinski definition) is 3. The fourth-order valence-electron chi connectivity index (χ4n) is 2.41. The van der Waals surface area contributed by atoms with Crippen molar-refractivity contribution in [2.75, 3.05) is 0 Å². The van der Waals surface area contributed by atoms with Crippen LogP contribution in [0.5, 0.6) is 0 Å². The average molecular weight is 347 g/mol. The summed E-state index contributed by atoms with van der Waals surface area (Å²) in [6, 6.07) is 5.56. The molecule has 0 fully saturated rings. The minimum Gasteiger partial charge on any atom is -0.337 e. The molecule has 108 valence electrons.